The van der Waals surface area contributed by atoms with Crippen LogP contribution in [0.15, 0.2) is 42.5 Å². The SMILES string of the molecule is CC(c1ccc(F)cc1)N(C)CC(=O)NC(=O)Nc1ccc2c(c1)OCO2. The largest absolute Gasteiger partial charge is 0.454 e. The Kier molecular flexibility index (Phi) is 5.56. The van der Waals surface area contributed by atoms with Crippen LogP contribution >= 0.6 is 0 Å². The highest BCUT2D eigenvalue weighted by molar-refractivity contribution is 6.01. The minimum absolute atomic E-state index is 0.00705. The molecule has 2 aromatic carbocycles. The summed E-state index contributed by atoms with van der Waals surface area (Å²) in [4.78, 5) is 25.9. The van der Waals surface area contributed by atoms with Gasteiger partial charge in [0.05, 0.1) is 6.54 Å². The van der Waals surface area contributed by atoms with Gasteiger partial charge in [0.15, 0.2) is 11.5 Å². The molecule has 142 valence electrons. The van der Waals surface area contributed by atoms with Gasteiger partial charge in [-0.15, -0.1) is 0 Å². The van der Waals surface area contributed by atoms with Crippen molar-refractivity contribution < 1.29 is 23.5 Å². The second-order valence-corrected chi connectivity index (χ2v) is 6.21. The van der Waals surface area contributed by atoms with Crippen molar-refractivity contribution in [2.75, 3.05) is 25.7 Å². The molecule has 0 fully saturated rings. The first-order valence-electron chi connectivity index (χ1n) is 8.38. The maximum absolute atomic E-state index is 13.0. The Hall–Kier alpha value is -3.13. The number of carbonyl (C=O) groups excluding carboxylic acids is 2. The Balaban J connectivity index is 1.50. The van der Waals surface area contributed by atoms with Crippen LogP contribution in [-0.4, -0.2) is 37.2 Å². The molecule has 8 heteroatoms. The molecule has 0 spiro atoms. The highest BCUT2D eigenvalue weighted by atomic mass is 19.1. The lowest BCUT2D eigenvalue weighted by atomic mass is 10.1. The lowest BCUT2D eigenvalue weighted by molar-refractivity contribution is -0.121. The van der Waals surface area contributed by atoms with E-state index in [0.29, 0.717) is 17.2 Å². The molecule has 1 unspecified atom stereocenters. The number of hydrogen-bond acceptors (Lipinski definition) is 5. The lowest BCUT2D eigenvalue weighted by Crippen LogP contribution is -2.41. The summed E-state index contributed by atoms with van der Waals surface area (Å²) in [5.41, 5.74) is 1.36. The first kappa shape index (κ1) is 18.7. The summed E-state index contributed by atoms with van der Waals surface area (Å²) in [6, 6.07) is 10.3. The van der Waals surface area contributed by atoms with Crippen LogP contribution in [0.2, 0.25) is 0 Å². The van der Waals surface area contributed by atoms with Gasteiger partial charge in [-0.05, 0) is 43.8 Å². The summed E-state index contributed by atoms with van der Waals surface area (Å²) in [5.74, 6) is 0.372. The zero-order chi connectivity index (χ0) is 19.4. The van der Waals surface area contributed by atoms with Crippen LogP contribution in [0.3, 0.4) is 0 Å². The van der Waals surface area contributed by atoms with Crippen molar-refractivity contribution in [3.63, 3.8) is 0 Å². The van der Waals surface area contributed by atoms with Gasteiger partial charge < -0.3 is 14.8 Å². The maximum Gasteiger partial charge on any atom is 0.325 e. The van der Waals surface area contributed by atoms with E-state index in [1.807, 2.05) is 6.92 Å². The second kappa shape index (κ2) is 8.05. The van der Waals surface area contributed by atoms with Gasteiger partial charge in [0, 0.05) is 17.8 Å². The molecular weight excluding hydrogens is 353 g/mol. The van der Waals surface area contributed by atoms with Gasteiger partial charge >= 0.3 is 6.03 Å². The van der Waals surface area contributed by atoms with Crippen LogP contribution in [0, 0.1) is 5.82 Å². The fourth-order valence-electron chi connectivity index (χ4n) is 2.66. The Morgan fingerprint density at radius 1 is 1.15 bits per heavy atom. The van der Waals surface area contributed by atoms with Crippen molar-refractivity contribution in [1.29, 1.82) is 0 Å². The molecule has 2 N–H and O–H groups in total. The summed E-state index contributed by atoms with van der Waals surface area (Å²) < 4.78 is 23.5. The average Bonchev–Trinajstić information content (AvgIpc) is 3.09. The first-order chi connectivity index (χ1) is 12.9. The number of carbonyl (C=O) groups is 2. The second-order valence-electron chi connectivity index (χ2n) is 6.21. The Labute approximate surface area is 156 Å². The minimum Gasteiger partial charge on any atom is -0.454 e. The fraction of sp³-hybridized carbons (Fsp3) is 0.263. The quantitative estimate of drug-likeness (QED) is 0.842. The van der Waals surface area contributed by atoms with Gasteiger partial charge in [0.25, 0.3) is 0 Å². The number of urea groups is 1. The molecule has 1 atom stereocenters. The summed E-state index contributed by atoms with van der Waals surface area (Å²) in [6.45, 7) is 2.04. The number of rotatable bonds is 5. The van der Waals surface area contributed by atoms with Crippen LogP contribution in [0.4, 0.5) is 14.9 Å². The van der Waals surface area contributed by atoms with E-state index in [0.717, 1.165) is 5.56 Å². The molecule has 1 aliphatic heterocycles. The van der Waals surface area contributed by atoms with Gasteiger partial charge in [-0.25, -0.2) is 9.18 Å². The molecule has 3 amide bonds. The highest BCUT2D eigenvalue weighted by Crippen LogP contribution is 2.34. The van der Waals surface area contributed by atoms with E-state index in [9.17, 15) is 14.0 Å². The van der Waals surface area contributed by atoms with Crippen LogP contribution < -0.4 is 20.1 Å². The molecule has 0 bridgehead atoms. The Morgan fingerprint density at radius 2 is 1.85 bits per heavy atom. The minimum atomic E-state index is -0.637. The van der Waals surface area contributed by atoms with Crippen LogP contribution in [0.1, 0.15) is 18.5 Å². The Morgan fingerprint density at radius 3 is 2.59 bits per heavy atom. The number of benzene rings is 2. The molecule has 0 radical (unpaired) electrons. The summed E-state index contributed by atoms with van der Waals surface area (Å²) >= 11 is 0. The molecule has 2 aromatic rings. The zero-order valence-corrected chi connectivity index (χ0v) is 15.0. The number of likely N-dealkylation sites (N-methyl/N-ethyl adjacent to an activating group) is 1. The fourth-order valence-corrected chi connectivity index (χ4v) is 2.66. The van der Waals surface area contributed by atoms with E-state index >= 15 is 0 Å². The van der Waals surface area contributed by atoms with E-state index in [1.54, 1.807) is 42.3 Å². The number of nitrogens with one attached hydrogen (secondary N) is 2. The lowest BCUT2D eigenvalue weighted by Gasteiger charge is -2.24. The van der Waals surface area contributed by atoms with Crippen molar-refractivity contribution in [3.05, 3.63) is 53.8 Å². The molecule has 1 aliphatic rings. The molecule has 0 saturated carbocycles. The van der Waals surface area contributed by atoms with Crippen molar-refractivity contribution in [1.82, 2.24) is 10.2 Å². The van der Waals surface area contributed by atoms with E-state index < -0.39 is 11.9 Å². The third-order valence-electron chi connectivity index (χ3n) is 4.29. The summed E-state index contributed by atoms with van der Waals surface area (Å²) in [6.07, 6.45) is 0. The number of amides is 3. The van der Waals surface area contributed by atoms with Crippen LogP contribution in [-0.2, 0) is 4.79 Å². The van der Waals surface area contributed by atoms with Gasteiger partial charge in [-0.3, -0.25) is 15.0 Å². The number of nitrogens with zero attached hydrogens (tertiary/aromatic N) is 1. The Bertz CT molecular complexity index is 841. The summed E-state index contributed by atoms with van der Waals surface area (Å²) in [5, 5.41) is 4.86. The predicted octanol–water partition coefficient (Wildman–Crippen LogP) is 2.90. The molecule has 0 aliphatic carbocycles. The number of anilines is 1. The van der Waals surface area contributed by atoms with E-state index in [1.165, 1.54) is 12.1 Å². The van der Waals surface area contributed by atoms with Crippen LogP contribution in [0.5, 0.6) is 11.5 Å². The number of fused-ring (bicyclic) bond motifs is 1. The third kappa shape index (κ3) is 4.73. The van der Waals surface area contributed by atoms with Gasteiger partial charge in [-0.1, -0.05) is 12.1 Å². The number of imide groups is 1. The van der Waals surface area contributed by atoms with Crippen molar-refractivity contribution in [2.45, 2.75) is 13.0 Å². The van der Waals surface area contributed by atoms with E-state index in [2.05, 4.69) is 10.6 Å². The summed E-state index contributed by atoms with van der Waals surface area (Å²) in [7, 11) is 1.75. The van der Waals surface area contributed by atoms with E-state index in [4.69, 9.17) is 9.47 Å². The first-order valence-corrected chi connectivity index (χ1v) is 8.38. The molecule has 1 heterocycles. The van der Waals surface area contributed by atoms with Crippen molar-refractivity contribution in [2.24, 2.45) is 0 Å². The monoisotopic (exact) mass is 373 g/mol. The number of hydrogen-bond donors (Lipinski definition) is 2. The van der Waals surface area contributed by atoms with E-state index in [-0.39, 0.29) is 25.2 Å². The normalized spacial score (nSPS) is 13.3. The van der Waals surface area contributed by atoms with Crippen LogP contribution in [0.25, 0.3) is 0 Å². The van der Waals surface area contributed by atoms with Crippen molar-refractivity contribution >= 4 is 17.6 Å². The molecule has 0 aromatic heterocycles. The smallest absolute Gasteiger partial charge is 0.325 e. The molecular formula is C19H20FN3O4. The predicted molar refractivity (Wildman–Crippen MR) is 97.2 cm³/mol. The highest BCUT2D eigenvalue weighted by Gasteiger charge is 2.18. The van der Waals surface area contributed by atoms with Crippen molar-refractivity contribution in [3.8, 4) is 11.5 Å². The molecule has 3 rings (SSSR count). The molecule has 27 heavy (non-hydrogen) atoms. The average molecular weight is 373 g/mol. The zero-order valence-electron chi connectivity index (χ0n) is 15.0. The third-order valence-corrected chi connectivity index (χ3v) is 4.29. The number of halogens is 1. The van der Waals surface area contributed by atoms with Gasteiger partial charge in [-0.2, -0.15) is 0 Å². The standard InChI is InChI=1S/C19H20FN3O4/c1-12(13-3-5-14(20)6-4-13)23(2)10-18(24)22-19(25)21-15-7-8-16-17(9-15)27-11-26-16/h3-9,12H,10-11H2,1-2H3,(H2,21,22,24,25). The molecule has 0 saturated heterocycles. The topological polar surface area (TPSA) is 79.9 Å². The molecule has 7 nitrogen and oxygen atoms in total. The van der Waals surface area contributed by atoms with Gasteiger partial charge in [0.2, 0.25) is 12.7 Å². The van der Waals surface area contributed by atoms with Gasteiger partial charge in [0.1, 0.15) is 5.82 Å². The maximum atomic E-state index is 13.0. The number of ether oxygens (including phenoxy) is 2.